The van der Waals surface area contributed by atoms with Crippen molar-refractivity contribution in [3.8, 4) is 11.3 Å². The summed E-state index contributed by atoms with van der Waals surface area (Å²) in [7, 11) is 0. The van der Waals surface area contributed by atoms with E-state index in [1.165, 1.54) is 0 Å². The van der Waals surface area contributed by atoms with Crippen LogP contribution < -0.4 is 10.6 Å². The van der Waals surface area contributed by atoms with Crippen LogP contribution in [0.2, 0.25) is 0 Å². The predicted molar refractivity (Wildman–Crippen MR) is 89.1 cm³/mol. The van der Waals surface area contributed by atoms with Crippen molar-refractivity contribution >= 4 is 11.7 Å². The van der Waals surface area contributed by atoms with Crippen LogP contribution in [0, 0.1) is 0 Å². The average molecular weight is 314 g/mol. The Labute approximate surface area is 135 Å². The fraction of sp³-hybridized carbons (Fsp3) is 0.412. The highest BCUT2D eigenvalue weighted by Crippen LogP contribution is 2.27. The van der Waals surface area contributed by atoms with Crippen LogP contribution in [0.5, 0.6) is 0 Å². The number of anilines is 1. The van der Waals surface area contributed by atoms with E-state index in [2.05, 4.69) is 20.8 Å². The number of amides is 2. The van der Waals surface area contributed by atoms with Gasteiger partial charge in [-0.25, -0.2) is 4.79 Å². The molecular weight excluding hydrogens is 292 g/mol. The van der Waals surface area contributed by atoms with Crippen molar-refractivity contribution in [3.05, 3.63) is 36.5 Å². The van der Waals surface area contributed by atoms with Crippen molar-refractivity contribution in [2.24, 2.45) is 0 Å². The van der Waals surface area contributed by atoms with Crippen molar-refractivity contribution < 1.29 is 9.90 Å². The summed E-state index contributed by atoms with van der Waals surface area (Å²) >= 11 is 0. The molecule has 1 saturated carbocycles. The van der Waals surface area contributed by atoms with Gasteiger partial charge < -0.3 is 15.7 Å². The van der Waals surface area contributed by atoms with Crippen molar-refractivity contribution in [3.63, 3.8) is 0 Å². The highest BCUT2D eigenvalue weighted by Gasteiger charge is 2.29. The van der Waals surface area contributed by atoms with Gasteiger partial charge in [0.05, 0.1) is 11.3 Å². The Balaban J connectivity index is 1.51. The number of carbonyl (C=O) groups excluding carboxylic acids is 1. The van der Waals surface area contributed by atoms with E-state index in [-0.39, 0.29) is 6.03 Å². The molecule has 3 rings (SSSR count). The van der Waals surface area contributed by atoms with E-state index in [0.29, 0.717) is 12.2 Å². The molecule has 0 radical (unpaired) electrons. The first-order valence-electron chi connectivity index (χ1n) is 8.02. The molecule has 122 valence electrons. The molecule has 1 aromatic carbocycles. The lowest BCUT2D eigenvalue weighted by atomic mass is 9.85. The molecule has 4 N–H and O–H groups in total. The summed E-state index contributed by atoms with van der Waals surface area (Å²) in [5, 5.41) is 22.7. The molecule has 0 saturated heterocycles. The minimum atomic E-state index is -0.750. The maximum absolute atomic E-state index is 12.0. The normalized spacial score (nSPS) is 16.7. The minimum Gasteiger partial charge on any atom is -0.388 e. The summed E-state index contributed by atoms with van der Waals surface area (Å²) in [4.78, 5) is 12.0. The van der Waals surface area contributed by atoms with Crippen LogP contribution in [0.25, 0.3) is 11.3 Å². The lowest BCUT2D eigenvalue weighted by Gasteiger charge is -2.32. The zero-order valence-corrected chi connectivity index (χ0v) is 13.0. The number of nitrogens with one attached hydrogen (secondary N) is 3. The molecule has 6 nitrogen and oxygen atoms in total. The molecule has 0 unspecified atom stereocenters. The van der Waals surface area contributed by atoms with Crippen LogP contribution in [0.15, 0.2) is 36.5 Å². The average Bonchev–Trinajstić information content (AvgIpc) is 3.09. The Bertz CT molecular complexity index is 631. The summed E-state index contributed by atoms with van der Waals surface area (Å²) in [6.45, 7) is 0.297. The molecular formula is C17H22N4O2. The number of hydrogen-bond acceptors (Lipinski definition) is 3. The molecule has 2 amide bonds. The highest BCUT2D eigenvalue weighted by atomic mass is 16.3. The topological polar surface area (TPSA) is 90.0 Å². The van der Waals surface area contributed by atoms with E-state index in [4.69, 9.17) is 0 Å². The number of aromatic amines is 1. The second-order valence-electron chi connectivity index (χ2n) is 6.14. The van der Waals surface area contributed by atoms with Gasteiger partial charge in [0.15, 0.2) is 0 Å². The summed E-state index contributed by atoms with van der Waals surface area (Å²) in [5.41, 5.74) is 1.90. The van der Waals surface area contributed by atoms with Gasteiger partial charge in [-0.1, -0.05) is 31.4 Å². The third-order valence-electron chi connectivity index (χ3n) is 4.32. The van der Waals surface area contributed by atoms with Crippen molar-refractivity contribution in [1.82, 2.24) is 15.5 Å². The molecule has 23 heavy (non-hydrogen) atoms. The largest absolute Gasteiger partial charge is 0.388 e. The van der Waals surface area contributed by atoms with Gasteiger partial charge in [0, 0.05) is 18.4 Å². The number of rotatable bonds is 4. The van der Waals surface area contributed by atoms with E-state index in [1.54, 1.807) is 6.20 Å². The van der Waals surface area contributed by atoms with Crippen LogP contribution in [0.4, 0.5) is 10.5 Å². The lowest BCUT2D eigenvalue weighted by molar-refractivity contribution is 0.00755. The maximum Gasteiger partial charge on any atom is 0.319 e. The molecule has 2 aromatic rings. The lowest BCUT2D eigenvalue weighted by Crippen LogP contribution is -2.45. The van der Waals surface area contributed by atoms with Crippen LogP contribution in [0.1, 0.15) is 32.1 Å². The van der Waals surface area contributed by atoms with Crippen LogP contribution in [-0.2, 0) is 0 Å². The van der Waals surface area contributed by atoms with Crippen LogP contribution in [-0.4, -0.2) is 33.5 Å². The van der Waals surface area contributed by atoms with Crippen LogP contribution >= 0.6 is 0 Å². The summed E-state index contributed by atoms with van der Waals surface area (Å²) in [5.74, 6) is 0. The molecule has 1 aliphatic carbocycles. The number of aromatic nitrogens is 2. The molecule has 1 fully saturated rings. The van der Waals surface area contributed by atoms with Gasteiger partial charge in [0.1, 0.15) is 0 Å². The molecule has 0 aliphatic heterocycles. The Kier molecular flexibility index (Phi) is 4.62. The first-order valence-corrected chi connectivity index (χ1v) is 8.02. The molecule has 1 aliphatic rings. The molecule has 0 bridgehead atoms. The first-order chi connectivity index (χ1) is 11.1. The first kappa shape index (κ1) is 15.6. The third-order valence-corrected chi connectivity index (χ3v) is 4.32. The quantitative estimate of drug-likeness (QED) is 0.699. The fourth-order valence-corrected chi connectivity index (χ4v) is 2.96. The molecule has 0 spiro atoms. The smallest absolute Gasteiger partial charge is 0.319 e. The number of H-pyrrole nitrogens is 1. The SMILES string of the molecule is O=C(NCC1(O)CCCCC1)Nc1ccc(-c2ccn[nH]2)cc1. The summed E-state index contributed by atoms with van der Waals surface area (Å²) in [6.07, 6.45) is 6.42. The van der Waals surface area contributed by atoms with Gasteiger partial charge in [-0.3, -0.25) is 5.10 Å². The van der Waals surface area contributed by atoms with E-state index in [1.807, 2.05) is 30.3 Å². The standard InChI is InChI=1S/C17H22N4O2/c22-16(18-12-17(23)9-2-1-3-10-17)20-14-6-4-13(5-7-14)15-8-11-19-21-15/h4-8,11,23H,1-3,9-10,12H2,(H,19,21)(H2,18,20,22). The zero-order chi connectivity index (χ0) is 16.1. The zero-order valence-electron chi connectivity index (χ0n) is 13.0. The highest BCUT2D eigenvalue weighted by molar-refractivity contribution is 5.89. The van der Waals surface area contributed by atoms with E-state index in [0.717, 1.165) is 43.4 Å². The molecule has 6 heteroatoms. The van der Waals surface area contributed by atoms with Crippen LogP contribution in [0.3, 0.4) is 0 Å². The molecule has 1 heterocycles. The number of nitrogens with zero attached hydrogens (tertiary/aromatic N) is 1. The number of hydrogen-bond donors (Lipinski definition) is 4. The monoisotopic (exact) mass is 314 g/mol. The van der Waals surface area contributed by atoms with Gasteiger partial charge in [0.25, 0.3) is 0 Å². The second kappa shape index (κ2) is 6.83. The third kappa shape index (κ3) is 4.10. The number of aliphatic hydroxyl groups is 1. The van der Waals surface area contributed by atoms with E-state index < -0.39 is 5.60 Å². The molecule has 0 atom stereocenters. The minimum absolute atomic E-state index is 0.293. The summed E-state index contributed by atoms with van der Waals surface area (Å²) in [6, 6.07) is 9.10. The van der Waals surface area contributed by atoms with Gasteiger partial charge in [-0.05, 0) is 36.6 Å². The van der Waals surface area contributed by atoms with Gasteiger partial charge >= 0.3 is 6.03 Å². The van der Waals surface area contributed by atoms with E-state index in [9.17, 15) is 9.90 Å². The number of benzene rings is 1. The van der Waals surface area contributed by atoms with Gasteiger partial charge in [-0.15, -0.1) is 0 Å². The van der Waals surface area contributed by atoms with E-state index >= 15 is 0 Å². The Hall–Kier alpha value is -2.34. The molecule has 1 aromatic heterocycles. The Morgan fingerprint density at radius 1 is 1.17 bits per heavy atom. The van der Waals surface area contributed by atoms with Crippen molar-refractivity contribution in [1.29, 1.82) is 0 Å². The Morgan fingerprint density at radius 2 is 1.91 bits per heavy atom. The van der Waals surface area contributed by atoms with Crippen molar-refractivity contribution in [2.45, 2.75) is 37.7 Å². The number of carbonyl (C=O) groups is 1. The van der Waals surface area contributed by atoms with Gasteiger partial charge in [-0.2, -0.15) is 5.10 Å². The predicted octanol–water partition coefficient (Wildman–Crippen LogP) is 2.89. The van der Waals surface area contributed by atoms with Crippen molar-refractivity contribution in [2.75, 3.05) is 11.9 Å². The second-order valence-corrected chi connectivity index (χ2v) is 6.14. The maximum atomic E-state index is 12.0. The summed E-state index contributed by atoms with van der Waals surface area (Å²) < 4.78 is 0. The van der Waals surface area contributed by atoms with Gasteiger partial charge in [0.2, 0.25) is 0 Å². The Morgan fingerprint density at radius 3 is 2.57 bits per heavy atom. The fourth-order valence-electron chi connectivity index (χ4n) is 2.96. The number of urea groups is 1.